The zero-order valence-corrected chi connectivity index (χ0v) is 14.9. The second kappa shape index (κ2) is 9.01. The Morgan fingerprint density at radius 2 is 2.00 bits per heavy atom. The van der Waals surface area contributed by atoms with Crippen LogP contribution in [0.4, 0.5) is 0 Å². The number of pyridine rings is 1. The molecule has 2 heterocycles. The van der Waals surface area contributed by atoms with Gasteiger partial charge in [0, 0.05) is 42.6 Å². The van der Waals surface area contributed by atoms with Gasteiger partial charge in [-0.2, -0.15) is 0 Å². The third kappa shape index (κ3) is 4.61. The molecule has 0 saturated carbocycles. The Morgan fingerprint density at radius 3 is 2.81 bits per heavy atom. The topological polar surface area (TPSA) is 85.3 Å². The van der Waals surface area contributed by atoms with E-state index in [1.807, 2.05) is 13.0 Å². The van der Waals surface area contributed by atoms with Gasteiger partial charge in [-0.3, -0.25) is 9.98 Å². The van der Waals surface area contributed by atoms with Crippen LogP contribution in [0.25, 0.3) is 10.9 Å². The monoisotopic (exact) mass is 351 g/mol. The summed E-state index contributed by atoms with van der Waals surface area (Å²) >= 11 is 0. The molecule has 0 fully saturated rings. The molecule has 0 aliphatic rings. The lowest BCUT2D eigenvalue weighted by atomic mass is 10.1. The van der Waals surface area contributed by atoms with Crippen molar-refractivity contribution in [2.24, 2.45) is 4.99 Å². The van der Waals surface area contributed by atoms with E-state index in [-0.39, 0.29) is 0 Å². The van der Waals surface area contributed by atoms with Crippen molar-refractivity contribution in [1.82, 2.24) is 20.6 Å². The van der Waals surface area contributed by atoms with E-state index >= 15 is 0 Å². The first kappa shape index (κ1) is 17.9. The number of nitrogens with one attached hydrogen (secondary N) is 3. The number of aliphatic hydroxyl groups excluding tert-OH is 1. The van der Waals surface area contributed by atoms with E-state index in [9.17, 15) is 5.11 Å². The van der Waals surface area contributed by atoms with Crippen molar-refractivity contribution < 1.29 is 5.11 Å². The quantitative estimate of drug-likeness (QED) is 0.389. The lowest BCUT2D eigenvalue weighted by Crippen LogP contribution is -2.38. The number of aromatic amines is 1. The molecular formula is C20H25N5O. The number of guanidine groups is 1. The highest BCUT2D eigenvalue weighted by molar-refractivity contribution is 5.83. The van der Waals surface area contributed by atoms with Crippen molar-refractivity contribution in [3.63, 3.8) is 0 Å². The molecule has 26 heavy (non-hydrogen) atoms. The van der Waals surface area contributed by atoms with Crippen LogP contribution in [0.15, 0.2) is 60.0 Å². The van der Waals surface area contributed by atoms with E-state index in [1.165, 1.54) is 10.9 Å². The summed E-state index contributed by atoms with van der Waals surface area (Å²) < 4.78 is 0. The first-order valence-corrected chi connectivity index (χ1v) is 8.93. The zero-order chi connectivity index (χ0) is 18.2. The molecule has 3 rings (SSSR count). The highest BCUT2D eigenvalue weighted by Gasteiger charge is 2.07. The highest BCUT2D eigenvalue weighted by Crippen LogP contribution is 2.17. The minimum Gasteiger partial charge on any atom is -0.386 e. The van der Waals surface area contributed by atoms with Crippen molar-refractivity contribution in [2.75, 3.05) is 19.6 Å². The molecule has 1 unspecified atom stereocenters. The normalized spacial score (nSPS) is 12.9. The van der Waals surface area contributed by atoms with Gasteiger partial charge in [0.05, 0.1) is 12.6 Å². The Bertz CT molecular complexity index is 844. The number of aliphatic hydroxyl groups is 1. The summed E-state index contributed by atoms with van der Waals surface area (Å²) in [6, 6.07) is 11.9. The fourth-order valence-electron chi connectivity index (χ4n) is 2.86. The number of rotatable bonds is 7. The van der Waals surface area contributed by atoms with Crippen LogP contribution in [-0.4, -0.2) is 40.7 Å². The van der Waals surface area contributed by atoms with Crippen LogP contribution in [0.3, 0.4) is 0 Å². The molecule has 1 aromatic carbocycles. The molecule has 3 aromatic rings. The summed E-state index contributed by atoms with van der Waals surface area (Å²) in [6.45, 7) is 3.85. The molecule has 0 bridgehead atoms. The van der Waals surface area contributed by atoms with Crippen LogP contribution in [0.1, 0.15) is 24.2 Å². The van der Waals surface area contributed by atoms with Crippen molar-refractivity contribution in [3.05, 3.63) is 66.1 Å². The molecule has 6 heteroatoms. The third-order valence-corrected chi connectivity index (χ3v) is 4.22. The molecule has 0 aliphatic carbocycles. The summed E-state index contributed by atoms with van der Waals surface area (Å²) in [4.78, 5) is 11.7. The number of benzene rings is 1. The van der Waals surface area contributed by atoms with E-state index in [0.29, 0.717) is 12.5 Å². The Hall–Kier alpha value is -2.86. The largest absolute Gasteiger partial charge is 0.386 e. The van der Waals surface area contributed by atoms with Gasteiger partial charge >= 0.3 is 0 Å². The Kier molecular flexibility index (Phi) is 6.22. The van der Waals surface area contributed by atoms with Crippen LogP contribution < -0.4 is 10.6 Å². The van der Waals surface area contributed by atoms with Crippen LogP contribution in [0, 0.1) is 0 Å². The third-order valence-electron chi connectivity index (χ3n) is 4.22. The van der Waals surface area contributed by atoms with Crippen molar-refractivity contribution >= 4 is 16.9 Å². The Morgan fingerprint density at radius 1 is 1.19 bits per heavy atom. The molecular weight excluding hydrogens is 326 g/mol. The molecule has 0 saturated heterocycles. The fourth-order valence-corrected chi connectivity index (χ4v) is 2.86. The number of fused-ring (bicyclic) bond motifs is 1. The average Bonchev–Trinajstić information content (AvgIpc) is 3.10. The Balaban J connectivity index is 1.56. The molecule has 0 aliphatic heterocycles. The van der Waals surface area contributed by atoms with E-state index < -0.39 is 6.10 Å². The molecule has 0 spiro atoms. The maximum Gasteiger partial charge on any atom is 0.191 e. The van der Waals surface area contributed by atoms with Crippen LogP contribution in [-0.2, 0) is 6.42 Å². The number of aliphatic imine (C=N–C) groups is 1. The predicted molar refractivity (Wildman–Crippen MR) is 105 cm³/mol. The lowest BCUT2D eigenvalue weighted by Gasteiger charge is -2.13. The SMILES string of the molecule is CCNC(=NCC(O)c1ccncc1)NCCc1c[nH]c2ccccc12. The van der Waals surface area contributed by atoms with Gasteiger partial charge in [0.2, 0.25) is 0 Å². The second-order valence-corrected chi connectivity index (χ2v) is 6.05. The predicted octanol–water partition coefficient (Wildman–Crippen LogP) is 2.39. The molecule has 6 nitrogen and oxygen atoms in total. The standard InChI is InChI=1S/C20H25N5O/c1-2-22-20(25-14-19(26)15-7-10-21-11-8-15)23-12-9-16-13-24-18-6-4-3-5-17(16)18/h3-8,10-11,13,19,24,26H,2,9,12,14H2,1H3,(H2,22,23,25). The Labute approximate surface area is 153 Å². The molecule has 4 N–H and O–H groups in total. The van der Waals surface area contributed by atoms with Gasteiger partial charge in [-0.25, -0.2) is 0 Å². The van der Waals surface area contributed by atoms with Crippen LogP contribution in [0.5, 0.6) is 0 Å². The summed E-state index contributed by atoms with van der Waals surface area (Å²) in [7, 11) is 0. The smallest absolute Gasteiger partial charge is 0.191 e. The summed E-state index contributed by atoms with van der Waals surface area (Å²) in [5.41, 5.74) is 3.25. The first-order chi connectivity index (χ1) is 12.8. The molecule has 136 valence electrons. The average molecular weight is 351 g/mol. The molecule has 1 atom stereocenters. The number of para-hydroxylation sites is 1. The van der Waals surface area contributed by atoms with E-state index in [0.717, 1.165) is 30.6 Å². The van der Waals surface area contributed by atoms with Crippen LogP contribution >= 0.6 is 0 Å². The minimum atomic E-state index is -0.637. The maximum atomic E-state index is 10.2. The van der Waals surface area contributed by atoms with Gasteiger partial charge in [-0.1, -0.05) is 18.2 Å². The second-order valence-electron chi connectivity index (χ2n) is 6.05. The number of hydrogen-bond donors (Lipinski definition) is 4. The fraction of sp³-hybridized carbons (Fsp3) is 0.300. The van der Waals surface area contributed by atoms with Crippen molar-refractivity contribution in [1.29, 1.82) is 0 Å². The van der Waals surface area contributed by atoms with E-state index in [4.69, 9.17) is 0 Å². The van der Waals surface area contributed by atoms with Gasteiger partial charge in [-0.15, -0.1) is 0 Å². The number of H-pyrrole nitrogens is 1. The first-order valence-electron chi connectivity index (χ1n) is 8.93. The maximum absolute atomic E-state index is 10.2. The van der Waals surface area contributed by atoms with Gasteiger partial charge in [-0.05, 0) is 42.7 Å². The number of aromatic nitrogens is 2. The van der Waals surface area contributed by atoms with Crippen molar-refractivity contribution in [2.45, 2.75) is 19.4 Å². The zero-order valence-electron chi connectivity index (χ0n) is 14.9. The van der Waals surface area contributed by atoms with Gasteiger partial charge in [0.15, 0.2) is 5.96 Å². The van der Waals surface area contributed by atoms with Gasteiger partial charge < -0.3 is 20.7 Å². The number of nitrogens with zero attached hydrogens (tertiary/aromatic N) is 2. The van der Waals surface area contributed by atoms with Crippen LogP contribution in [0.2, 0.25) is 0 Å². The molecule has 2 aromatic heterocycles. The van der Waals surface area contributed by atoms with Gasteiger partial charge in [0.25, 0.3) is 0 Å². The molecule has 0 amide bonds. The van der Waals surface area contributed by atoms with E-state index in [2.05, 4.69) is 50.0 Å². The summed E-state index contributed by atoms with van der Waals surface area (Å²) in [5.74, 6) is 0.709. The summed E-state index contributed by atoms with van der Waals surface area (Å²) in [6.07, 6.45) is 5.66. The van der Waals surface area contributed by atoms with Gasteiger partial charge in [0.1, 0.15) is 0 Å². The lowest BCUT2D eigenvalue weighted by molar-refractivity contribution is 0.187. The van der Waals surface area contributed by atoms with E-state index in [1.54, 1.807) is 24.5 Å². The highest BCUT2D eigenvalue weighted by atomic mass is 16.3. The molecule has 0 radical (unpaired) electrons. The minimum absolute atomic E-state index is 0.298. The number of hydrogen-bond acceptors (Lipinski definition) is 3. The van der Waals surface area contributed by atoms with Crippen molar-refractivity contribution in [3.8, 4) is 0 Å². The summed E-state index contributed by atoms with van der Waals surface area (Å²) in [5, 5.41) is 18.0.